The van der Waals surface area contributed by atoms with Gasteiger partial charge in [0.25, 0.3) is 29.3 Å². The van der Waals surface area contributed by atoms with Gasteiger partial charge in [0.2, 0.25) is 0 Å². The van der Waals surface area contributed by atoms with Crippen molar-refractivity contribution in [2.75, 3.05) is 0 Å². The lowest BCUT2D eigenvalue weighted by molar-refractivity contribution is 0.478. The van der Waals surface area contributed by atoms with Gasteiger partial charge in [-0.2, -0.15) is 16.8 Å². The molecule has 8 nitrogen and oxygen atoms in total. The maximum Gasteiger partial charge on any atom is 0.295 e. The van der Waals surface area contributed by atoms with E-state index in [0.717, 1.165) is 0 Å². The maximum absolute atomic E-state index is 11.0. The zero-order chi connectivity index (χ0) is 14.4. The lowest BCUT2D eigenvalue weighted by Crippen LogP contribution is -2.08. The predicted octanol–water partition coefficient (Wildman–Crippen LogP) is 0.108. The van der Waals surface area contributed by atoms with Crippen molar-refractivity contribution in [1.29, 1.82) is 0 Å². The second-order valence-corrected chi connectivity index (χ2v) is 8.34. The third kappa shape index (κ3) is 3.40. The molecule has 0 aliphatic heterocycles. The first kappa shape index (κ1) is 15.3. The third-order valence-electron chi connectivity index (χ3n) is 1.75. The van der Waals surface area contributed by atoms with Crippen LogP contribution in [-0.2, 0) is 29.3 Å². The summed E-state index contributed by atoms with van der Waals surface area (Å²) in [7, 11) is -9.40. The van der Waals surface area contributed by atoms with E-state index in [-0.39, 0.29) is 6.07 Å². The highest BCUT2D eigenvalue weighted by atomic mass is 35.7. The Morgan fingerprint density at radius 2 is 1.33 bits per heavy atom. The highest BCUT2D eigenvalue weighted by Crippen LogP contribution is 2.26. The van der Waals surface area contributed by atoms with Gasteiger partial charge < -0.3 is 0 Å². The summed E-state index contributed by atoms with van der Waals surface area (Å²) in [5.41, 5.74) is 0. The van der Waals surface area contributed by atoms with Gasteiger partial charge in [0.15, 0.2) is 0 Å². The van der Waals surface area contributed by atoms with Crippen molar-refractivity contribution in [3.63, 3.8) is 0 Å². The van der Waals surface area contributed by atoms with E-state index in [0.29, 0.717) is 12.1 Å². The smallest absolute Gasteiger partial charge is 0.282 e. The van der Waals surface area contributed by atoms with E-state index in [1.807, 2.05) is 0 Å². The van der Waals surface area contributed by atoms with E-state index in [4.69, 9.17) is 19.8 Å². The molecule has 18 heavy (non-hydrogen) atoms. The predicted molar refractivity (Wildman–Crippen MR) is 59.1 cm³/mol. The van der Waals surface area contributed by atoms with Crippen molar-refractivity contribution < 1.29 is 34.4 Å². The van der Waals surface area contributed by atoms with Crippen LogP contribution in [0.15, 0.2) is 32.9 Å². The normalized spacial score (nSPS) is 13.5. The summed E-state index contributed by atoms with van der Waals surface area (Å²) in [6.45, 7) is 0. The minimum Gasteiger partial charge on any atom is -0.282 e. The summed E-state index contributed by atoms with van der Waals surface area (Å²) >= 11 is 0. The van der Waals surface area contributed by atoms with Crippen LogP contribution in [0, 0.1) is 0 Å². The third-order valence-corrected chi connectivity index (χ3v) is 5.01. The molecular weight excluding hydrogens is 332 g/mol. The second-order valence-electron chi connectivity index (χ2n) is 3.00. The maximum atomic E-state index is 11.0. The molecular formula is C6H5ClO8S3. The topological polar surface area (TPSA) is 143 Å². The van der Waals surface area contributed by atoms with E-state index in [9.17, 15) is 25.3 Å². The zero-order valence-electron chi connectivity index (χ0n) is 8.18. The van der Waals surface area contributed by atoms with Gasteiger partial charge >= 0.3 is 0 Å². The largest absolute Gasteiger partial charge is 0.295 e. The van der Waals surface area contributed by atoms with Gasteiger partial charge in [0, 0.05) is 10.7 Å². The minimum atomic E-state index is -5.04. The Kier molecular flexibility index (Phi) is 3.78. The van der Waals surface area contributed by atoms with Gasteiger partial charge in [-0.1, -0.05) is 0 Å². The molecule has 2 N–H and O–H groups in total. The average Bonchev–Trinajstić information content (AvgIpc) is 2.12. The van der Waals surface area contributed by atoms with Gasteiger partial charge in [0.05, 0.1) is 4.90 Å². The zero-order valence-corrected chi connectivity index (χ0v) is 11.4. The summed E-state index contributed by atoms with van der Waals surface area (Å²) in [5.74, 6) is 0. The van der Waals surface area contributed by atoms with Crippen LogP contribution in [0.25, 0.3) is 0 Å². The summed E-state index contributed by atoms with van der Waals surface area (Å²) in [6, 6.07) is 1.44. The Hall–Kier alpha value is -0.720. The Balaban J connectivity index is 3.83. The molecule has 0 saturated carbocycles. The van der Waals surface area contributed by atoms with Crippen molar-refractivity contribution in [2.24, 2.45) is 0 Å². The van der Waals surface area contributed by atoms with E-state index in [1.165, 1.54) is 0 Å². The first-order valence-electron chi connectivity index (χ1n) is 3.87. The quantitative estimate of drug-likeness (QED) is 0.584. The summed E-state index contributed by atoms with van der Waals surface area (Å²) in [6.07, 6.45) is 0. The number of rotatable bonds is 3. The molecule has 0 heterocycles. The van der Waals surface area contributed by atoms with Crippen LogP contribution in [-0.4, -0.2) is 34.4 Å². The number of hydrogen-bond donors (Lipinski definition) is 2. The second kappa shape index (κ2) is 4.43. The minimum absolute atomic E-state index is 0.278. The molecule has 0 aliphatic carbocycles. The first-order valence-corrected chi connectivity index (χ1v) is 9.06. The monoisotopic (exact) mass is 336 g/mol. The van der Waals surface area contributed by atoms with Gasteiger partial charge in [-0.3, -0.25) is 9.11 Å². The van der Waals surface area contributed by atoms with E-state index in [1.54, 1.807) is 0 Å². The number of halogens is 1. The molecule has 0 bridgehead atoms. The van der Waals surface area contributed by atoms with Gasteiger partial charge in [-0.05, 0) is 18.2 Å². The fraction of sp³-hybridized carbons (Fsp3) is 0. The van der Waals surface area contributed by atoms with Crippen LogP contribution >= 0.6 is 10.7 Å². The van der Waals surface area contributed by atoms with E-state index >= 15 is 0 Å². The molecule has 0 amide bonds. The van der Waals surface area contributed by atoms with Gasteiger partial charge in [0.1, 0.15) is 9.79 Å². The lowest BCUT2D eigenvalue weighted by atomic mass is 10.4. The fourth-order valence-corrected chi connectivity index (χ4v) is 3.95. The molecule has 102 valence electrons. The van der Waals surface area contributed by atoms with Crippen LogP contribution in [0.3, 0.4) is 0 Å². The van der Waals surface area contributed by atoms with Crippen molar-refractivity contribution in [3.8, 4) is 0 Å². The Bertz CT molecular complexity index is 789. The average molecular weight is 337 g/mol. The van der Waals surface area contributed by atoms with Gasteiger partial charge in [-0.25, -0.2) is 8.42 Å². The SMILES string of the molecule is O=S(=O)(O)c1ccc(S(=O)(=O)Cl)c(S(=O)(=O)O)c1. The van der Waals surface area contributed by atoms with E-state index < -0.39 is 44.0 Å². The summed E-state index contributed by atoms with van der Waals surface area (Å²) in [4.78, 5) is -3.15. The Morgan fingerprint density at radius 3 is 1.67 bits per heavy atom. The first-order chi connectivity index (χ1) is 7.83. The highest BCUT2D eigenvalue weighted by Gasteiger charge is 2.26. The van der Waals surface area contributed by atoms with Crippen molar-refractivity contribution in [1.82, 2.24) is 0 Å². The molecule has 1 aromatic carbocycles. The Morgan fingerprint density at radius 1 is 0.833 bits per heavy atom. The van der Waals surface area contributed by atoms with Crippen molar-refractivity contribution >= 4 is 40.0 Å². The van der Waals surface area contributed by atoms with Crippen molar-refractivity contribution in [2.45, 2.75) is 14.7 Å². The van der Waals surface area contributed by atoms with Crippen LogP contribution in [0.4, 0.5) is 0 Å². The molecule has 0 fully saturated rings. The summed E-state index contributed by atoms with van der Waals surface area (Å²) < 4.78 is 83.0. The molecule has 0 aliphatic rings. The van der Waals surface area contributed by atoms with E-state index in [2.05, 4.69) is 0 Å². The number of hydrogen-bond acceptors (Lipinski definition) is 6. The molecule has 0 spiro atoms. The lowest BCUT2D eigenvalue weighted by Gasteiger charge is -2.05. The van der Waals surface area contributed by atoms with Crippen LogP contribution < -0.4 is 0 Å². The summed E-state index contributed by atoms with van der Waals surface area (Å²) in [5, 5.41) is 0. The standard InChI is InChI=1S/C6H5ClO8S3/c7-16(8,9)5-2-1-4(17(10,11)12)3-6(5)18(13,14)15/h1-3H,(H,10,11,12)(H,13,14,15). The van der Waals surface area contributed by atoms with Gasteiger partial charge in [-0.15, -0.1) is 0 Å². The van der Waals surface area contributed by atoms with Crippen LogP contribution in [0.1, 0.15) is 0 Å². The molecule has 1 rings (SSSR count). The number of benzene rings is 1. The Labute approximate surface area is 107 Å². The van der Waals surface area contributed by atoms with Crippen molar-refractivity contribution in [3.05, 3.63) is 18.2 Å². The molecule has 0 unspecified atom stereocenters. The molecule has 0 aromatic heterocycles. The molecule has 1 aromatic rings. The fourth-order valence-electron chi connectivity index (χ4n) is 1.05. The highest BCUT2D eigenvalue weighted by molar-refractivity contribution is 8.14. The van der Waals surface area contributed by atoms with Crippen LogP contribution in [0.2, 0.25) is 0 Å². The molecule has 0 atom stereocenters. The van der Waals surface area contributed by atoms with Crippen LogP contribution in [0.5, 0.6) is 0 Å². The molecule has 0 radical (unpaired) electrons. The molecule has 12 heteroatoms. The molecule has 0 saturated heterocycles.